The molecule has 0 aliphatic heterocycles. The Labute approximate surface area is 102 Å². The maximum Gasteiger partial charge on any atom is 0.104 e. The zero-order valence-corrected chi connectivity index (χ0v) is 10.1. The molecule has 2 rings (SSSR count). The maximum atomic E-state index is 8.99. The Balaban J connectivity index is 2.00. The molecule has 1 aliphatic rings. The van der Waals surface area contributed by atoms with Crippen molar-refractivity contribution in [2.24, 2.45) is 5.73 Å². The molecule has 0 amide bonds. The van der Waals surface area contributed by atoms with Crippen LogP contribution >= 0.6 is 0 Å². The van der Waals surface area contributed by atoms with Gasteiger partial charge in [0.2, 0.25) is 0 Å². The van der Waals surface area contributed by atoms with E-state index in [2.05, 4.69) is 29.1 Å². The van der Waals surface area contributed by atoms with Gasteiger partial charge in [-0.25, -0.2) is 0 Å². The van der Waals surface area contributed by atoms with Gasteiger partial charge in [-0.3, -0.25) is 4.98 Å². The predicted octanol–water partition coefficient (Wildman–Crippen LogP) is 1.68. The fraction of sp³-hybridized carbons (Fsp3) is 0.538. The highest BCUT2D eigenvalue weighted by Gasteiger charge is 2.33. The first-order valence-corrected chi connectivity index (χ1v) is 5.98. The van der Waals surface area contributed by atoms with Gasteiger partial charge in [-0.2, -0.15) is 5.26 Å². The van der Waals surface area contributed by atoms with E-state index in [1.54, 1.807) is 6.20 Å². The van der Waals surface area contributed by atoms with Crippen molar-refractivity contribution in [2.45, 2.75) is 37.3 Å². The Morgan fingerprint density at radius 3 is 2.76 bits per heavy atom. The molecule has 4 nitrogen and oxygen atoms in total. The number of rotatable bonds is 2. The highest BCUT2D eigenvalue weighted by atomic mass is 15.1. The van der Waals surface area contributed by atoms with Crippen LogP contribution in [0.1, 0.15) is 25.7 Å². The molecule has 2 N–H and O–H groups in total. The van der Waals surface area contributed by atoms with Gasteiger partial charge in [-0.05, 0) is 37.8 Å². The summed E-state index contributed by atoms with van der Waals surface area (Å²) in [5.74, 6) is 0. The van der Waals surface area contributed by atoms with Gasteiger partial charge in [-0.15, -0.1) is 0 Å². The molecule has 1 saturated carbocycles. The van der Waals surface area contributed by atoms with Crippen molar-refractivity contribution in [3.63, 3.8) is 0 Å². The Hall–Kier alpha value is -1.60. The molecule has 0 saturated heterocycles. The first-order chi connectivity index (χ1) is 8.14. The summed E-state index contributed by atoms with van der Waals surface area (Å²) in [4.78, 5) is 6.37. The van der Waals surface area contributed by atoms with Crippen molar-refractivity contribution in [2.75, 3.05) is 11.9 Å². The van der Waals surface area contributed by atoms with E-state index in [0.717, 1.165) is 31.4 Å². The molecule has 0 bridgehead atoms. The van der Waals surface area contributed by atoms with Crippen LogP contribution in [0, 0.1) is 11.3 Å². The number of anilines is 1. The third-order valence-electron chi connectivity index (χ3n) is 3.67. The van der Waals surface area contributed by atoms with E-state index >= 15 is 0 Å². The van der Waals surface area contributed by atoms with Crippen LogP contribution in [0.5, 0.6) is 0 Å². The summed E-state index contributed by atoms with van der Waals surface area (Å²) in [6.07, 6.45) is 7.13. The van der Waals surface area contributed by atoms with Crippen molar-refractivity contribution in [3.05, 3.63) is 24.5 Å². The van der Waals surface area contributed by atoms with Crippen LogP contribution in [0.2, 0.25) is 0 Å². The Morgan fingerprint density at radius 2 is 2.24 bits per heavy atom. The fourth-order valence-corrected chi connectivity index (χ4v) is 2.39. The van der Waals surface area contributed by atoms with E-state index in [1.807, 2.05) is 12.3 Å². The van der Waals surface area contributed by atoms with Gasteiger partial charge in [0.1, 0.15) is 5.54 Å². The summed E-state index contributed by atoms with van der Waals surface area (Å²) in [6.45, 7) is 0. The molecule has 17 heavy (non-hydrogen) atoms. The van der Waals surface area contributed by atoms with E-state index in [0.29, 0.717) is 6.04 Å². The standard InChI is InChI=1S/C13H18N4/c1-17(12-3-2-8-16-9-12)11-4-6-13(15,10-14)7-5-11/h2-3,8-9,11H,4-7,15H2,1H3. The number of hydrogen-bond donors (Lipinski definition) is 1. The second-order valence-corrected chi connectivity index (χ2v) is 4.82. The zero-order chi connectivity index (χ0) is 12.3. The number of nitrogens with two attached hydrogens (primary N) is 1. The first kappa shape index (κ1) is 11.9. The van der Waals surface area contributed by atoms with Gasteiger partial charge in [0.05, 0.1) is 18.0 Å². The number of hydrogen-bond acceptors (Lipinski definition) is 4. The molecule has 0 atom stereocenters. The molecule has 1 fully saturated rings. The largest absolute Gasteiger partial charge is 0.370 e. The minimum atomic E-state index is -0.605. The van der Waals surface area contributed by atoms with Crippen molar-refractivity contribution in [1.82, 2.24) is 4.98 Å². The van der Waals surface area contributed by atoms with Gasteiger partial charge in [0.15, 0.2) is 0 Å². The number of nitriles is 1. The van der Waals surface area contributed by atoms with Gasteiger partial charge in [0, 0.05) is 19.3 Å². The molecule has 1 heterocycles. The normalized spacial score (nSPS) is 28.4. The molecule has 0 radical (unpaired) electrons. The molecule has 0 aromatic carbocycles. The molecule has 90 valence electrons. The molecule has 1 aromatic rings. The maximum absolute atomic E-state index is 8.99. The van der Waals surface area contributed by atoms with Crippen LogP contribution in [0.3, 0.4) is 0 Å². The lowest BCUT2D eigenvalue weighted by Gasteiger charge is -2.37. The minimum absolute atomic E-state index is 0.462. The summed E-state index contributed by atoms with van der Waals surface area (Å²) in [5, 5.41) is 8.99. The Kier molecular flexibility index (Phi) is 3.30. The average molecular weight is 230 g/mol. The highest BCUT2D eigenvalue weighted by molar-refractivity contribution is 5.44. The third-order valence-corrected chi connectivity index (χ3v) is 3.67. The predicted molar refractivity (Wildman–Crippen MR) is 67.4 cm³/mol. The van der Waals surface area contributed by atoms with Crippen LogP contribution in [-0.2, 0) is 0 Å². The Morgan fingerprint density at radius 1 is 1.53 bits per heavy atom. The van der Waals surface area contributed by atoms with Crippen molar-refractivity contribution in [1.29, 1.82) is 5.26 Å². The van der Waals surface area contributed by atoms with Crippen LogP contribution in [0.15, 0.2) is 24.5 Å². The second-order valence-electron chi connectivity index (χ2n) is 4.82. The quantitative estimate of drug-likeness (QED) is 0.839. The van der Waals surface area contributed by atoms with Gasteiger partial charge < -0.3 is 10.6 Å². The van der Waals surface area contributed by atoms with E-state index in [9.17, 15) is 0 Å². The van der Waals surface area contributed by atoms with E-state index < -0.39 is 5.54 Å². The molecule has 4 heteroatoms. The lowest BCUT2D eigenvalue weighted by molar-refractivity contribution is 0.327. The lowest BCUT2D eigenvalue weighted by Crippen LogP contribution is -2.46. The highest BCUT2D eigenvalue weighted by Crippen LogP contribution is 2.30. The molecular formula is C13H18N4. The van der Waals surface area contributed by atoms with E-state index in [4.69, 9.17) is 11.0 Å². The fourth-order valence-electron chi connectivity index (χ4n) is 2.39. The van der Waals surface area contributed by atoms with E-state index in [-0.39, 0.29) is 0 Å². The van der Waals surface area contributed by atoms with Crippen molar-refractivity contribution >= 4 is 5.69 Å². The summed E-state index contributed by atoms with van der Waals surface area (Å²) in [7, 11) is 2.08. The first-order valence-electron chi connectivity index (χ1n) is 5.98. The third kappa shape index (κ3) is 2.56. The molecule has 1 aliphatic carbocycles. The number of aromatic nitrogens is 1. The van der Waals surface area contributed by atoms with Crippen LogP contribution in [0.4, 0.5) is 5.69 Å². The number of nitrogens with zero attached hydrogens (tertiary/aromatic N) is 3. The van der Waals surface area contributed by atoms with Crippen LogP contribution < -0.4 is 10.6 Å². The molecule has 0 spiro atoms. The molecule has 0 unspecified atom stereocenters. The topological polar surface area (TPSA) is 65.9 Å². The Bertz CT molecular complexity index is 401. The van der Waals surface area contributed by atoms with Crippen molar-refractivity contribution < 1.29 is 0 Å². The number of pyridine rings is 1. The SMILES string of the molecule is CN(c1cccnc1)C1CCC(N)(C#N)CC1. The lowest BCUT2D eigenvalue weighted by atomic mass is 9.81. The summed E-state index contributed by atoms with van der Waals surface area (Å²) < 4.78 is 0. The molecular weight excluding hydrogens is 212 g/mol. The zero-order valence-electron chi connectivity index (χ0n) is 10.1. The second kappa shape index (κ2) is 4.72. The minimum Gasteiger partial charge on any atom is -0.370 e. The molecule has 1 aromatic heterocycles. The monoisotopic (exact) mass is 230 g/mol. The van der Waals surface area contributed by atoms with Gasteiger partial charge >= 0.3 is 0 Å². The van der Waals surface area contributed by atoms with Crippen molar-refractivity contribution in [3.8, 4) is 6.07 Å². The average Bonchev–Trinajstić information content (AvgIpc) is 2.40. The summed E-state index contributed by atoms with van der Waals surface area (Å²) in [6, 6.07) is 6.69. The summed E-state index contributed by atoms with van der Waals surface area (Å²) in [5.41, 5.74) is 6.49. The van der Waals surface area contributed by atoms with Crippen LogP contribution in [0.25, 0.3) is 0 Å². The van der Waals surface area contributed by atoms with Gasteiger partial charge in [0.25, 0.3) is 0 Å². The smallest absolute Gasteiger partial charge is 0.104 e. The van der Waals surface area contributed by atoms with Crippen LogP contribution in [-0.4, -0.2) is 23.6 Å². The van der Waals surface area contributed by atoms with E-state index in [1.165, 1.54) is 0 Å². The van der Waals surface area contributed by atoms with Gasteiger partial charge in [-0.1, -0.05) is 0 Å². The summed E-state index contributed by atoms with van der Waals surface area (Å²) >= 11 is 0.